The molecule has 2 aliphatic rings. The highest BCUT2D eigenvalue weighted by atomic mass is 16.6. The number of esters is 1. The minimum Gasteiger partial charge on any atom is -0.382 e. The molecule has 0 aromatic heterocycles. The van der Waals surface area contributed by atoms with Gasteiger partial charge in [-0.2, -0.15) is 0 Å². The van der Waals surface area contributed by atoms with Crippen LogP contribution < -0.4 is 5.32 Å². The third-order valence-electron chi connectivity index (χ3n) is 3.66. The Labute approximate surface area is 151 Å². The third-order valence-corrected chi connectivity index (χ3v) is 3.66. The predicted molar refractivity (Wildman–Crippen MR) is 96.4 cm³/mol. The Morgan fingerprint density at radius 2 is 1.72 bits per heavy atom. The number of methoxy groups -OCH3 is 1. The van der Waals surface area contributed by atoms with Crippen LogP contribution in [0.2, 0.25) is 0 Å². The number of nitrogens with one attached hydrogen (secondary N) is 1. The predicted octanol–water partition coefficient (Wildman–Crippen LogP) is 3.10. The molecule has 2 aliphatic heterocycles. The standard InChI is InChI=1S/C6H12O.C5H12O.C4H5NO3.C3H6O/c1-4-5(2)6(3)7;1-4-5(2)6-3;1-2-3(6)8-4(7)5-2;1-3-2-4-3/h5H,4H2,1-3H3;5H,4H2,1-3H3;2H,1H3,(H,5,7);3H,2H2,1H3. The second kappa shape index (κ2) is 14.8. The molecule has 0 spiro atoms. The number of amides is 1. The van der Waals surface area contributed by atoms with Crippen molar-refractivity contribution in [3.8, 4) is 0 Å². The molecule has 2 saturated heterocycles. The van der Waals surface area contributed by atoms with Crippen molar-refractivity contribution in [3.63, 3.8) is 0 Å². The van der Waals surface area contributed by atoms with Gasteiger partial charge in [0.1, 0.15) is 11.8 Å². The van der Waals surface area contributed by atoms with E-state index in [4.69, 9.17) is 9.47 Å². The number of carbonyl (C=O) groups excluding carboxylic acids is 3. The quantitative estimate of drug-likeness (QED) is 0.470. The van der Waals surface area contributed by atoms with Crippen LogP contribution in [-0.2, 0) is 23.8 Å². The highest BCUT2D eigenvalue weighted by molar-refractivity contribution is 5.95. The second-order valence-electron chi connectivity index (χ2n) is 6.09. The van der Waals surface area contributed by atoms with E-state index >= 15 is 0 Å². The lowest BCUT2D eigenvalue weighted by molar-refractivity contribution is -0.135. The van der Waals surface area contributed by atoms with E-state index < -0.39 is 18.1 Å². The molecule has 0 saturated carbocycles. The average Bonchev–Trinajstić information content (AvgIpc) is 3.30. The summed E-state index contributed by atoms with van der Waals surface area (Å²) in [5, 5.41) is 2.26. The molecule has 0 aromatic carbocycles. The molecular formula is C18H35NO6. The number of alkyl carbamates (subject to hydrolysis) is 1. The zero-order valence-corrected chi connectivity index (χ0v) is 16.9. The van der Waals surface area contributed by atoms with Crippen LogP contribution in [0.25, 0.3) is 0 Å². The Kier molecular flexibility index (Phi) is 15.3. The number of epoxide rings is 1. The molecule has 1 N–H and O–H groups in total. The summed E-state index contributed by atoms with van der Waals surface area (Å²) in [6.45, 7) is 14.4. The first-order chi connectivity index (χ1) is 11.6. The molecule has 7 nitrogen and oxygen atoms in total. The smallest absolute Gasteiger partial charge is 0.382 e. The maximum atomic E-state index is 10.4. The minimum atomic E-state index is -0.650. The molecule has 148 valence electrons. The average molecular weight is 361 g/mol. The lowest BCUT2D eigenvalue weighted by atomic mass is 10.1. The number of hydrogen-bond acceptors (Lipinski definition) is 6. The molecule has 0 aliphatic carbocycles. The van der Waals surface area contributed by atoms with E-state index in [1.165, 1.54) is 0 Å². The normalized spacial score (nSPS) is 22.4. The van der Waals surface area contributed by atoms with Gasteiger partial charge in [-0.25, -0.2) is 9.59 Å². The van der Waals surface area contributed by atoms with Gasteiger partial charge < -0.3 is 19.5 Å². The molecule has 2 heterocycles. The number of cyclic esters (lactones) is 2. The lowest BCUT2D eigenvalue weighted by Crippen LogP contribution is -2.24. The topological polar surface area (TPSA) is 94.2 Å². The molecule has 25 heavy (non-hydrogen) atoms. The molecule has 4 atom stereocenters. The van der Waals surface area contributed by atoms with Gasteiger partial charge in [0, 0.05) is 13.0 Å². The van der Waals surface area contributed by atoms with Crippen LogP contribution in [0.5, 0.6) is 0 Å². The first-order valence-electron chi connectivity index (χ1n) is 8.75. The summed E-state index contributed by atoms with van der Waals surface area (Å²) >= 11 is 0. The Hall–Kier alpha value is -1.47. The van der Waals surface area contributed by atoms with E-state index in [0.717, 1.165) is 19.4 Å². The van der Waals surface area contributed by atoms with Crippen molar-refractivity contribution in [3.05, 3.63) is 0 Å². The SMILES string of the molecule is CC1CO1.CC1NC(=O)OC1=O.CCC(C)C(C)=O.CCC(C)OC. The molecule has 0 aromatic rings. The van der Waals surface area contributed by atoms with Crippen LogP contribution >= 0.6 is 0 Å². The molecule has 1 amide bonds. The Morgan fingerprint density at radius 3 is 1.76 bits per heavy atom. The van der Waals surface area contributed by atoms with Crippen LogP contribution in [0.15, 0.2) is 0 Å². The molecule has 7 heteroatoms. The minimum absolute atomic E-state index is 0.264. The van der Waals surface area contributed by atoms with Crippen molar-refractivity contribution < 1.29 is 28.6 Å². The van der Waals surface area contributed by atoms with Gasteiger partial charge in [0.2, 0.25) is 0 Å². The van der Waals surface area contributed by atoms with Crippen molar-refractivity contribution in [2.24, 2.45) is 5.92 Å². The van der Waals surface area contributed by atoms with Crippen molar-refractivity contribution in [1.82, 2.24) is 5.32 Å². The summed E-state index contributed by atoms with van der Waals surface area (Å²) in [7, 11) is 1.73. The third kappa shape index (κ3) is 17.2. The highest BCUT2D eigenvalue weighted by Gasteiger charge is 2.27. The lowest BCUT2D eigenvalue weighted by Gasteiger charge is -2.01. The van der Waals surface area contributed by atoms with E-state index in [1.54, 1.807) is 21.0 Å². The van der Waals surface area contributed by atoms with Gasteiger partial charge in [-0.15, -0.1) is 0 Å². The highest BCUT2D eigenvalue weighted by Crippen LogP contribution is 2.04. The molecule has 2 rings (SSSR count). The van der Waals surface area contributed by atoms with Gasteiger partial charge in [-0.3, -0.25) is 4.79 Å². The number of rotatable bonds is 4. The number of hydrogen-bond donors (Lipinski definition) is 1. The van der Waals surface area contributed by atoms with Gasteiger partial charge in [-0.1, -0.05) is 20.8 Å². The Balaban J connectivity index is 0. The molecular weight excluding hydrogens is 326 g/mol. The fourth-order valence-electron chi connectivity index (χ4n) is 0.995. The molecule has 0 radical (unpaired) electrons. The van der Waals surface area contributed by atoms with Crippen LogP contribution in [0.4, 0.5) is 4.79 Å². The zero-order chi connectivity index (χ0) is 20.0. The Bertz CT molecular complexity index is 391. The van der Waals surface area contributed by atoms with Crippen molar-refractivity contribution in [2.75, 3.05) is 13.7 Å². The van der Waals surface area contributed by atoms with Crippen molar-refractivity contribution in [2.45, 2.75) is 79.6 Å². The maximum Gasteiger partial charge on any atom is 0.415 e. The van der Waals surface area contributed by atoms with E-state index in [1.807, 2.05) is 13.8 Å². The van der Waals surface area contributed by atoms with Crippen molar-refractivity contribution >= 4 is 17.8 Å². The van der Waals surface area contributed by atoms with Crippen LogP contribution in [0, 0.1) is 5.92 Å². The summed E-state index contributed by atoms with van der Waals surface area (Å²) < 4.78 is 13.7. The van der Waals surface area contributed by atoms with E-state index in [0.29, 0.717) is 18.0 Å². The van der Waals surface area contributed by atoms with Crippen LogP contribution in [-0.4, -0.2) is 49.8 Å². The first-order valence-corrected chi connectivity index (χ1v) is 8.75. The summed E-state index contributed by atoms with van der Waals surface area (Å²) in [5.41, 5.74) is 0. The summed E-state index contributed by atoms with van der Waals surface area (Å²) in [6, 6.07) is -0.470. The van der Waals surface area contributed by atoms with Gasteiger partial charge in [-0.05, 0) is 40.5 Å². The fraction of sp³-hybridized carbons (Fsp3) is 0.833. The number of Topliss-reactive ketones (excluding diaryl/α,β-unsaturated/α-hetero) is 1. The first kappa shape index (κ1) is 25.8. The van der Waals surface area contributed by atoms with Gasteiger partial charge >= 0.3 is 12.1 Å². The largest absolute Gasteiger partial charge is 0.415 e. The monoisotopic (exact) mass is 361 g/mol. The zero-order valence-electron chi connectivity index (χ0n) is 16.9. The van der Waals surface area contributed by atoms with E-state index in [2.05, 4.69) is 30.8 Å². The number of ketones is 1. The summed E-state index contributed by atoms with van der Waals surface area (Å²) in [5.74, 6) is 0.0532. The molecule has 4 unspecified atom stereocenters. The van der Waals surface area contributed by atoms with Gasteiger partial charge in [0.25, 0.3) is 0 Å². The van der Waals surface area contributed by atoms with Gasteiger partial charge in [0.15, 0.2) is 0 Å². The fourth-order valence-corrected chi connectivity index (χ4v) is 0.995. The maximum absolute atomic E-state index is 10.4. The van der Waals surface area contributed by atoms with E-state index in [-0.39, 0.29) is 5.92 Å². The van der Waals surface area contributed by atoms with Gasteiger partial charge in [0.05, 0.1) is 18.8 Å². The van der Waals surface area contributed by atoms with Crippen molar-refractivity contribution in [1.29, 1.82) is 0 Å². The molecule has 2 fully saturated rings. The van der Waals surface area contributed by atoms with Crippen LogP contribution in [0.1, 0.15) is 61.3 Å². The number of ether oxygens (including phenoxy) is 3. The van der Waals surface area contributed by atoms with Crippen LogP contribution in [0.3, 0.4) is 0 Å². The number of carbonyl (C=O) groups is 3. The second-order valence-corrected chi connectivity index (χ2v) is 6.09. The van der Waals surface area contributed by atoms with E-state index in [9.17, 15) is 14.4 Å². The summed E-state index contributed by atoms with van der Waals surface area (Å²) in [6.07, 6.45) is 2.44. The molecule has 0 bridgehead atoms. The Morgan fingerprint density at radius 1 is 1.24 bits per heavy atom. The summed E-state index contributed by atoms with van der Waals surface area (Å²) in [4.78, 5) is 30.8.